The van der Waals surface area contributed by atoms with E-state index in [2.05, 4.69) is 37.9 Å². The predicted octanol–water partition coefficient (Wildman–Crippen LogP) is 1.29. The van der Waals surface area contributed by atoms with Crippen molar-refractivity contribution in [2.24, 2.45) is 0 Å². The zero-order valence-corrected chi connectivity index (χ0v) is 11.2. The van der Waals surface area contributed by atoms with Crippen LogP contribution in [-0.2, 0) is 0 Å². The van der Waals surface area contributed by atoms with Gasteiger partial charge in [0.25, 0.3) is 0 Å². The van der Waals surface area contributed by atoms with Crippen LogP contribution in [0.25, 0.3) is 0 Å². The highest BCUT2D eigenvalue weighted by molar-refractivity contribution is 6.37. The monoisotopic (exact) mass is 202 g/mol. The molecule has 0 aliphatic carbocycles. The van der Waals surface area contributed by atoms with Crippen LogP contribution in [0, 0.1) is 0 Å². The van der Waals surface area contributed by atoms with Crippen LogP contribution in [0.3, 0.4) is 0 Å². The molecule has 0 fully saturated rings. The van der Waals surface area contributed by atoms with E-state index >= 15 is 0 Å². The molecular weight excluding hydrogens is 176 g/mol. The summed E-state index contributed by atoms with van der Waals surface area (Å²) in [6.45, 7) is 13.7. The third kappa shape index (κ3) is 8.47. The van der Waals surface area contributed by atoms with Crippen LogP contribution in [0.5, 0.6) is 0 Å². The summed E-state index contributed by atoms with van der Waals surface area (Å²) in [5.41, 5.74) is 0.982. The zero-order valence-electron chi connectivity index (χ0n) is 9.77. The number of hydrogen-bond donors (Lipinski definition) is 1. The lowest BCUT2D eigenvalue weighted by atomic mass is 10.5. The molecule has 0 radical (unpaired) electrons. The minimum absolute atomic E-state index is 0.208. The van der Waals surface area contributed by atoms with Gasteiger partial charge < -0.3 is 5.32 Å². The molecule has 0 unspecified atom stereocenters. The lowest BCUT2D eigenvalue weighted by Gasteiger charge is -2.18. The number of hydrogen-bond acceptors (Lipinski definition) is 2. The molecule has 0 aromatic carbocycles. The number of nitrogens with zero attached hydrogens (tertiary/aromatic N) is 1. The maximum absolute atomic E-state index is 3.50. The first-order valence-corrected chi connectivity index (χ1v) is 7.45. The molecule has 0 rings (SSSR count). The third-order valence-electron chi connectivity index (χ3n) is 2.36. The van der Waals surface area contributed by atoms with Gasteiger partial charge in [-0.2, -0.15) is 0 Å². The summed E-state index contributed by atoms with van der Waals surface area (Å²) in [5.74, 6) is 0. The average molecular weight is 202 g/mol. The molecule has 80 valence electrons. The molecule has 3 heteroatoms. The Balaban J connectivity index is 3.14. The molecule has 0 aliphatic heterocycles. The zero-order chi connectivity index (χ0) is 10.1. The van der Waals surface area contributed by atoms with Crippen molar-refractivity contribution >= 4 is 9.52 Å². The highest BCUT2D eigenvalue weighted by Crippen LogP contribution is 1.98. The highest BCUT2D eigenvalue weighted by Gasteiger charge is 1.97. The Labute approximate surface area is 85.9 Å². The number of rotatable bonds is 8. The summed E-state index contributed by atoms with van der Waals surface area (Å²) in [5, 5.41) is 3.50. The third-order valence-corrected chi connectivity index (χ3v) is 4.28. The topological polar surface area (TPSA) is 15.3 Å². The van der Waals surface area contributed by atoms with E-state index in [0.717, 1.165) is 25.3 Å². The minimum atomic E-state index is 0.208. The molecule has 0 saturated carbocycles. The minimum Gasteiger partial charge on any atom is -0.305 e. The van der Waals surface area contributed by atoms with Crippen LogP contribution in [0.1, 0.15) is 27.7 Å². The van der Waals surface area contributed by atoms with Crippen molar-refractivity contribution in [1.29, 1.82) is 0 Å². The fourth-order valence-corrected chi connectivity index (χ4v) is 2.59. The largest absolute Gasteiger partial charge is 0.305 e. The van der Waals surface area contributed by atoms with Crippen LogP contribution in [0.15, 0.2) is 0 Å². The normalized spacial score (nSPS) is 12.5. The lowest BCUT2D eigenvalue weighted by Crippen LogP contribution is -2.34. The fraction of sp³-hybridized carbons (Fsp3) is 1.00. The van der Waals surface area contributed by atoms with Gasteiger partial charge in [-0.05, 0) is 19.6 Å². The smallest absolute Gasteiger partial charge is 0.0480 e. The van der Waals surface area contributed by atoms with E-state index in [4.69, 9.17) is 0 Å². The summed E-state index contributed by atoms with van der Waals surface area (Å²) in [4.78, 5) is 2.41. The summed E-state index contributed by atoms with van der Waals surface area (Å²) in [6, 6.07) is 1.44. The van der Waals surface area contributed by atoms with Crippen molar-refractivity contribution in [2.45, 2.75) is 39.3 Å². The fourth-order valence-electron chi connectivity index (χ4n) is 1.32. The van der Waals surface area contributed by atoms with Crippen molar-refractivity contribution in [2.75, 3.05) is 26.3 Å². The van der Waals surface area contributed by atoms with Crippen LogP contribution in [0.4, 0.5) is 0 Å². The van der Waals surface area contributed by atoms with Crippen molar-refractivity contribution in [1.82, 2.24) is 10.2 Å². The van der Waals surface area contributed by atoms with Crippen molar-refractivity contribution in [3.63, 3.8) is 0 Å². The van der Waals surface area contributed by atoms with Crippen molar-refractivity contribution < 1.29 is 0 Å². The van der Waals surface area contributed by atoms with Gasteiger partial charge in [0.2, 0.25) is 0 Å². The van der Waals surface area contributed by atoms with E-state index in [1.54, 1.807) is 0 Å². The van der Waals surface area contributed by atoms with Gasteiger partial charge >= 0.3 is 0 Å². The second-order valence-electron chi connectivity index (χ2n) is 4.00. The van der Waals surface area contributed by atoms with Gasteiger partial charge in [-0.1, -0.05) is 39.3 Å². The van der Waals surface area contributed by atoms with Gasteiger partial charge in [0.05, 0.1) is 0 Å². The van der Waals surface area contributed by atoms with Gasteiger partial charge in [0.1, 0.15) is 0 Å². The Morgan fingerprint density at radius 1 is 1.23 bits per heavy atom. The molecule has 0 bridgehead atoms. The van der Waals surface area contributed by atoms with Crippen LogP contribution < -0.4 is 5.32 Å². The Bertz CT molecular complexity index is 103. The van der Waals surface area contributed by atoms with Gasteiger partial charge in [-0.25, -0.2) is 0 Å². The Hall–Kier alpha value is 0.137. The second-order valence-corrected chi connectivity index (χ2v) is 6.91. The summed E-state index contributed by atoms with van der Waals surface area (Å²) in [6.07, 6.45) is 0. The van der Waals surface area contributed by atoms with Gasteiger partial charge in [0, 0.05) is 16.2 Å². The maximum Gasteiger partial charge on any atom is 0.0480 e. The molecular formula is C10H26N2Si. The first kappa shape index (κ1) is 13.1. The summed E-state index contributed by atoms with van der Waals surface area (Å²) < 4.78 is 0. The summed E-state index contributed by atoms with van der Waals surface area (Å²) >= 11 is 0. The van der Waals surface area contributed by atoms with E-state index in [1.165, 1.54) is 12.6 Å². The molecule has 0 aromatic heterocycles. The highest BCUT2D eigenvalue weighted by atomic mass is 28.2. The van der Waals surface area contributed by atoms with Crippen LogP contribution in [0.2, 0.25) is 11.6 Å². The Morgan fingerprint density at radius 2 is 1.85 bits per heavy atom. The Kier molecular flexibility index (Phi) is 8.81. The molecule has 0 spiro atoms. The van der Waals surface area contributed by atoms with E-state index in [-0.39, 0.29) is 9.52 Å². The Morgan fingerprint density at radius 3 is 2.31 bits per heavy atom. The molecule has 0 aliphatic rings. The second kappa shape index (κ2) is 8.72. The van der Waals surface area contributed by atoms with Crippen molar-refractivity contribution in [3.05, 3.63) is 0 Å². The summed E-state index contributed by atoms with van der Waals surface area (Å²) in [7, 11) is 0.208. The maximum atomic E-state index is 3.50. The predicted molar refractivity (Wildman–Crippen MR) is 64.2 cm³/mol. The van der Waals surface area contributed by atoms with Gasteiger partial charge in [-0.3, -0.25) is 4.90 Å². The van der Waals surface area contributed by atoms with E-state index in [1.807, 2.05) is 0 Å². The van der Waals surface area contributed by atoms with E-state index in [9.17, 15) is 0 Å². The average Bonchev–Trinajstić information content (AvgIpc) is 2.11. The molecule has 0 amide bonds. The molecule has 0 heterocycles. The molecule has 0 aromatic rings. The molecule has 1 N–H and O–H groups in total. The quantitative estimate of drug-likeness (QED) is 0.362. The van der Waals surface area contributed by atoms with Crippen LogP contribution in [-0.4, -0.2) is 40.7 Å². The standard InChI is InChI=1S/C10H26N2Si/c1-5-12(6-2)9-11-7-8-13-10(3)4/h10-11H,5-9,13H2,1-4H3. The van der Waals surface area contributed by atoms with Crippen molar-refractivity contribution in [3.8, 4) is 0 Å². The number of nitrogens with one attached hydrogen (secondary N) is 1. The molecule has 2 nitrogen and oxygen atoms in total. The van der Waals surface area contributed by atoms with Gasteiger partial charge in [-0.15, -0.1) is 0 Å². The van der Waals surface area contributed by atoms with E-state index < -0.39 is 0 Å². The molecule has 0 atom stereocenters. The first-order valence-electron chi connectivity index (χ1n) is 5.63. The first-order chi connectivity index (χ1) is 6.20. The SMILES string of the molecule is CCN(CC)CNCC[SiH2]C(C)C. The van der Waals surface area contributed by atoms with E-state index in [0.29, 0.717) is 0 Å². The molecule has 0 saturated heterocycles. The lowest BCUT2D eigenvalue weighted by molar-refractivity contribution is 0.282. The van der Waals surface area contributed by atoms with Crippen LogP contribution >= 0.6 is 0 Å². The van der Waals surface area contributed by atoms with Gasteiger partial charge in [0.15, 0.2) is 0 Å². The molecule has 13 heavy (non-hydrogen) atoms.